The number of furan rings is 1. The van der Waals surface area contributed by atoms with Crippen LogP contribution in [-0.4, -0.2) is 23.4 Å². The highest BCUT2D eigenvalue weighted by molar-refractivity contribution is 6.31. The van der Waals surface area contributed by atoms with Gasteiger partial charge in [0.15, 0.2) is 0 Å². The number of nitrogens with zero attached hydrogens (tertiary/aromatic N) is 1. The lowest BCUT2D eigenvalue weighted by atomic mass is 10.1. The van der Waals surface area contributed by atoms with E-state index in [1.807, 2.05) is 24.3 Å². The van der Waals surface area contributed by atoms with Crippen LogP contribution in [0.15, 0.2) is 81.6 Å². The first-order chi connectivity index (χ1) is 17.4. The third-order valence-corrected chi connectivity index (χ3v) is 6.21. The predicted octanol–water partition coefficient (Wildman–Crippen LogP) is 5.18. The second kappa shape index (κ2) is 10.1. The highest BCUT2D eigenvalue weighted by atomic mass is 35.5. The van der Waals surface area contributed by atoms with Crippen LogP contribution in [0.2, 0.25) is 5.02 Å². The van der Waals surface area contributed by atoms with E-state index in [4.69, 9.17) is 33.4 Å². The smallest absolute Gasteiger partial charge is 0.268 e. The molecule has 4 aromatic rings. The van der Waals surface area contributed by atoms with Crippen LogP contribution in [0.4, 0.5) is 10.1 Å². The molecule has 0 aliphatic carbocycles. The van der Waals surface area contributed by atoms with Crippen molar-refractivity contribution in [2.45, 2.75) is 12.1 Å². The largest absolute Gasteiger partial charge is 0.464 e. The number of guanidine groups is 1. The molecule has 184 valence electrons. The molecule has 0 radical (unpaired) electrons. The number of halogens is 3. The van der Waals surface area contributed by atoms with Gasteiger partial charge in [0.05, 0.1) is 17.3 Å². The Morgan fingerprint density at radius 2 is 2.06 bits per heavy atom. The van der Waals surface area contributed by atoms with Crippen LogP contribution in [-0.2, 0) is 0 Å². The maximum Gasteiger partial charge on any atom is 0.268 e. The SMILES string of the molecule is NCC(NC(=O)c1cc(C2N=C(Nc3ccc4occc4c3)NC=C2Cl)c[nH]1)c1cc(F)cc(Cl)c1. The topological polar surface area (TPSA) is 120 Å². The standard InChI is InChI=1S/C25H21Cl2FN6O2/c26-16-5-14(6-17(28)9-16)21(10-29)33-24(35)20-8-15(11-30-20)23-19(27)12-31-25(34-23)32-18-1-2-22-13(7-18)3-4-36-22/h1-9,11-12,21,23,30H,10,29H2,(H,33,35)(H2,31,32,34). The number of H-pyrrole nitrogens is 1. The molecule has 0 saturated heterocycles. The summed E-state index contributed by atoms with van der Waals surface area (Å²) < 4.78 is 19.1. The van der Waals surface area contributed by atoms with Gasteiger partial charge in [0, 0.05) is 40.6 Å². The van der Waals surface area contributed by atoms with Gasteiger partial charge in [-0.2, -0.15) is 0 Å². The number of fused-ring (bicyclic) bond motifs is 1. The Morgan fingerprint density at radius 1 is 1.19 bits per heavy atom. The lowest BCUT2D eigenvalue weighted by molar-refractivity contribution is 0.0933. The van der Waals surface area contributed by atoms with E-state index in [0.29, 0.717) is 22.1 Å². The van der Waals surface area contributed by atoms with E-state index in [0.717, 1.165) is 16.7 Å². The van der Waals surface area contributed by atoms with Gasteiger partial charge in [0.1, 0.15) is 23.1 Å². The Hall–Kier alpha value is -3.79. The summed E-state index contributed by atoms with van der Waals surface area (Å²) in [6, 6.07) is 12.1. The Balaban J connectivity index is 1.31. The maximum atomic E-state index is 13.8. The van der Waals surface area contributed by atoms with Crippen LogP contribution in [0.5, 0.6) is 0 Å². The van der Waals surface area contributed by atoms with Gasteiger partial charge >= 0.3 is 0 Å². The summed E-state index contributed by atoms with van der Waals surface area (Å²) >= 11 is 12.4. The Labute approximate surface area is 215 Å². The molecule has 2 aromatic carbocycles. The molecule has 0 bridgehead atoms. The average molecular weight is 527 g/mol. The molecular weight excluding hydrogens is 506 g/mol. The molecule has 5 rings (SSSR count). The number of benzene rings is 2. The van der Waals surface area contributed by atoms with Crippen molar-refractivity contribution in [3.63, 3.8) is 0 Å². The monoisotopic (exact) mass is 526 g/mol. The summed E-state index contributed by atoms with van der Waals surface area (Å²) in [6.45, 7) is 0.0614. The minimum absolute atomic E-state index is 0.0614. The average Bonchev–Trinajstić information content (AvgIpc) is 3.52. The van der Waals surface area contributed by atoms with Gasteiger partial charge in [0.25, 0.3) is 5.91 Å². The van der Waals surface area contributed by atoms with Gasteiger partial charge in [-0.25, -0.2) is 9.38 Å². The van der Waals surface area contributed by atoms with E-state index < -0.39 is 23.8 Å². The molecule has 0 fully saturated rings. The van der Waals surface area contributed by atoms with Crippen molar-refractivity contribution < 1.29 is 13.6 Å². The number of carbonyl (C=O) groups excluding carboxylic acids is 1. The van der Waals surface area contributed by atoms with E-state index in [1.54, 1.807) is 30.8 Å². The summed E-state index contributed by atoms with van der Waals surface area (Å²) in [6.07, 6.45) is 4.94. The number of nitrogens with two attached hydrogens (primary N) is 1. The van der Waals surface area contributed by atoms with Crippen molar-refractivity contribution in [1.82, 2.24) is 15.6 Å². The molecule has 2 atom stereocenters. The molecule has 36 heavy (non-hydrogen) atoms. The Kier molecular flexibility index (Phi) is 6.69. The molecule has 11 heteroatoms. The predicted molar refractivity (Wildman–Crippen MR) is 139 cm³/mol. The van der Waals surface area contributed by atoms with Gasteiger partial charge in [-0.3, -0.25) is 4.79 Å². The molecule has 2 aromatic heterocycles. The molecule has 0 spiro atoms. The van der Waals surface area contributed by atoms with Crippen molar-refractivity contribution in [3.05, 3.63) is 99.9 Å². The fraction of sp³-hybridized carbons (Fsp3) is 0.120. The lowest BCUT2D eigenvalue weighted by Crippen LogP contribution is -2.33. The van der Waals surface area contributed by atoms with Crippen molar-refractivity contribution in [2.24, 2.45) is 10.7 Å². The Bertz CT molecular complexity index is 1470. The van der Waals surface area contributed by atoms with Crippen molar-refractivity contribution >= 4 is 51.7 Å². The zero-order chi connectivity index (χ0) is 25.2. The molecule has 1 amide bonds. The molecule has 0 saturated carbocycles. The van der Waals surface area contributed by atoms with Crippen molar-refractivity contribution in [2.75, 3.05) is 11.9 Å². The zero-order valence-corrected chi connectivity index (χ0v) is 20.2. The number of hydrogen-bond donors (Lipinski definition) is 5. The number of rotatable bonds is 6. The van der Waals surface area contributed by atoms with Crippen LogP contribution in [0.3, 0.4) is 0 Å². The van der Waals surface area contributed by atoms with E-state index in [2.05, 4.69) is 25.9 Å². The Morgan fingerprint density at radius 3 is 2.86 bits per heavy atom. The first kappa shape index (κ1) is 23.9. The molecular formula is C25H21Cl2FN6O2. The summed E-state index contributed by atoms with van der Waals surface area (Å²) in [5.74, 6) is -0.431. The molecule has 8 nitrogen and oxygen atoms in total. The fourth-order valence-corrected chi connectivity index (χ4v) is 4.38. The second-order valence-corrected chi connectivity index (χ2v) is 9.04. The number of aliphatic imine (C=N–C) groups is 1. The number of aromatic amines is 1. The van der Waals surface area contributed by atoms with Crippen molar-refractivity contribution in [3.8, 4) is 0 Å². The third kappa shape index (κ3) is 5.08. The fourth-order valence-electron chi connectivity index (χ4n) is 3.92. The van der Waals surface area contributed by atoms with E-state index in [9.17, 15) is 9.18 Å². The number of anilines is 1. The first-order valence-electron chi connectivity index (χ1n) is 11.0. The third-order valence-electron chi connectivity index (χ3n) is 5.68. The lowest BCUT2D eigenvalue weighted by Gasteiger charge is -2.20. The van der Waals surface area contributed by atoms with Crippen LogP contribution in [0, 0.1) is 5.82 Å². The number of carbonyl (C=O) groups is 1. The van der Waals surface area contributed by atoms with Crippen molar-refractivity contribution in [1.29, 1.82) is 0 Å². The zero-order valence-electron chi connectivity index (χ0n) is 18.7. The van der Waals surface area contributed by atoms with E-state index in [1.165, 1.54) is 12.1 Å². The van der Waals surface area contributed by atoms with Gasteiger partial charge in [-0.1, -0.05) is 23.2 Å². The number of aromatic nitrogens is 1. The molecule has 1 aliphatic rings. The summed E-state index contributed by atoms with van der Waals surface area (Å²) in [5.41, 5.74) is 8.87. The molecule has 6 N–H and O–H groups in total. The van der Waals surface area contributed by atoms with Crippen LogP contribution in [0.25, 0.3) is 11.0 Å². The summed E-state index contributed by atoms with van der Waals surface area (Å²) in [4.78, 5) is 20.5. The highest BCUT2D eigenvalue weighted by Crippen LogP contribution is 2.31. The molecule has 1 aliphatic heterocycles. The minimum atomic E-state index is -0.624. The van der Waals surface area contributed by atoms with Crippen LogP contribution in [0.1, 0.15) is 33.7 Å². The van der Waals surface area contributed by atoms with E-state index in [-0.39, 0.29) is 17.3 Å². The van der Waals surface area contributed by atoms with Gasteiger partial charge < -0.3 is 31.1 Å². The van der Waals surface area contributed by atoms with Gasteiger partial charge in [-0.15, -0.1) is 0 Å². The summed E-state index contributed by atoms with van der Waals surface area (Å²) in [7, 11) is 0. The van der Waals surface area contributed by atoms with Gasteiger partial charge in [0.2, 0.25) is 5.96 Å². The minimum Gasteiger partial charge on any atom is -0.464 e. The molecule has 3 heterocycles. The second-order valence-electron chi connectivity index (χ2n) is 8.16. The maximum absolute atomic E-state index is 13.8. The van der Waals surface area contributed by atoms with Crippen LogP contribution >= 0.6 is 23.2 Å². The summed E-state index contributed by atoms with van der Waals surface area (Å²) in [5, 5.41) is 10.7. The number of nitrogens with one attached hydrogen (secondary N) is 4. The number of hydrogen-bond acceptors (Lipinski definition) is 6. The normalized spacial score (nSPS) is 16.2. The molecule has 2 unspecified atom stereocenters. The quantitative estimate of drug-likeness (QED) is 0.237. The number of amides is 1. The highest BCUT2D eigenvalue weighted by Gasteiger charge is 2.23. The van der Waals surface area contributed by atoms with E-state index >= 15 is 0 Å². The first-order valence-corrected chi connectivity index (χ1v) is 11.7. The van der Waals surface area contributed by atoms with Crippen LogP contribution < -0.4 is 21.7 Å². The van der Waals surface area contributed by atoms with Gasteiger partial charge in [-0.05, 0) is 54.1 Å².